The zero-order valence-electron chi connectivity index (χ0n) is 11.2. The van der Waals surface area contributed by atoms with Gasteiger partial charge in [0.1, 0.15) is 22.8 Å². The highest BCUT2D eigenvalue weighted by Crippen LogP contribution is 2.28. The standard InChI is InChI=1S/C13H11Cl2N3O3/c1-20-7-3-4-8(9(5-7)21-2)13(19)18-12-10(14)11(15)16-6-17-12/h3-6H,1-2H3,(H,16,17,18,19). The van der Waals surface area contributed by atoms with Crippen molar-refractivity contribution in [2.45, 2.75) is 0 Å². The number of carbonyl (C=O) groups excluding carboxylic acids is 1. The van der Waals surface area contributed by atoms with E-state index in [1.54, 1.807) is 18.2 Å². The fourth-order valence-electron chi connectivity index (χ4n) is 1.60. The van der Waals surface area contributed by atoms with E-state index in [1.807, 2.05) is 0 Å². The number of benzene rings is 1. The molecular weight excluding hydrogens is 317 g/mol. The normalized spacial score (nSPS) is 10.1. The maximum absolute atomic E-state index is 12.3. The molecule has 1 amide bonds. The Morgan fingerprint density at radius 3 is 2.62 bits per heavy atom. The third-order valence-electron chi connectivity index (χ3n) is 2.63. The molecule has 0 aliphatic carbocycles. The van der Waals surface area contributed by atoms with Crippen LogP contribution in [0.15, 0.2) is 24.5 Å². The number of hydrogen-bond donors (Lipinski definition) is 1. The Balaban J connectivity index is 2.30. The van der Waals surface area contributed by atoms with Crippen molar-refractivity contribution in [1.29, 1.82) is 0 Å². The molecular formula is C13H11Cl2N3O3. The number of rotatable bonds is 4. The summed E-state index contributed by atoms with van der Waals surface area (Å²) in [6, 6.07) is 4.82. The number of nitrogens with zero attached hydrogens (tertiary/aromatic N) is 2. The Hall–Kier alpha value is -2.05. The average Bonchev–Trinajstić information content (AvgIpc) is 2.51. The van der Waals surface area contributed by atoms with Crippen LogP contribution in [0, 0.1) is 0 Å². The molecule has 8 heteroatoms. The number of halogens is 2. The third-order valence-corrected chi connectivity index (χ3v) is 3.37. The molecule has 0 fully saturated rings. The molecule has 2 aromatic rings. The lowest BCUT2D eigenvalue weighted by Crippen LogP contribution is -2.14. The van der Waals surface area contributed by atoms with Gasteiger partial charge in [-0.25, -0.2) is 9.97 Å². The minimum absolute atomic E-state index is 0.0589. The molecule has 21 heavy (non-hydrogen) atoms. The molecule has 0 radical (unpaired) electrons. The first-order valence-electron chi connectivity index (χ1n) is 5.76. The maximum Gasteiger partial charge on any atom is 0.260 e. The summed E-state index contributed by atoms with van der Waals surface area (Å²) >= 11 is 11.7. The van der Waals surface area contributed by atoms with E-state index >= 15 is 0 Å². The lowest BCUT2D eigenvalue weighted by atomic mass is 10.1. The van der Waals surface area contributed by atoms with Crippen molar-refractivity contribution in [3.63, 3.8) is 0 Å². The van der Waals surface area contributed by atoms with Crippen LogP contribution < -0.4 is 14.8 Å². The van der Waals surface area contributed by atoms with Crippen molar-refractivity contribution in [1.82, 2.24) is 9.97 Å². The molecule has 6 nitrogen and oxygen atoms in total. The number of nitrogens with one attached hydrogen (secondary N) is 1. The van der Waals surface area contributed by atoms with Crippen molar-refractivity contribution < 1.29 is 14.3 Å². The second-order valence-corrected chi connectivity index (χ2v) is 4.58. The molecule has 0 atom stereocenters. The lowest BCUT2D eigenvalue weighted by Gasteiger charge is -2.11. The quantitative estimate of drug-likeness (QED) is 0.873. The molecule has 110 valence electrons. The Kier molecular flexibility index (Phi) is 4.82. The summed E-state index contributed by atoms with van der Waals surface area (Å²) in [6.45, 7) is 0. The number of amides is 1. The van der Waals surface area contributed by atoms with E-state index in [2.05, 4.69) is 15.3 Å². The van der Waals surface area contributed by atoms with Gasteiger partial charge < -0.3 is 14.8 Å². The van der Waals surface area contributed by atoms with Crippen LogP contribution in [-0.2, 0) is 0 Å². The van der Waals surface area contributed by atoms with Gasteiger partial charge >= 0.3 is 0 Å². The Morgan fingerprint density at radius 2 is 1.95 bits per heavy atom. The number of methoxy groups -OCH3 is 2. The van der Waals surface area contributed by atoms with E-state index in [0.29, 0.717) is 17.1 Å². The molecule has 0 saturated heterocycles. The molecule has 1 N–H and O–H groups in total. The van der Waals surface area contributed by atoms with Crippen LogP contribution in [0.4, 0.5) is 5.82 Å². The van der Waals surface area contributed by atoms with Crippen LogP contribution in [0.2, 0.25) is 10.2 Å². The van der Waals surface area contributed by atoms with Crippen molar-refractivity contribution in [2.75, 3.05) is 19.5 Å². The SMILES string of the molecule is COc1ccc(C(=O)Nc2ncnc(Cl)c2Cl)c(OC)c1. The topological polar surface area (TPSA) is 73.3 Å². The van der Waals surface area contributed by atoms with Crippen LogP contribution in [0.25, 0.3) is 0 Å². The molecule has 0 spiro atoms. The van der Waals surface area contributed by atoms with Gasteiger partial charge in [-0.3, -0.25) is 4.79 Å². The first kappa shape index (κ1) is 15.3. The molecule has 0 aliphatic heterocycles. The molecule has 0 unspecified atom stereocenters. The monoisotopic (exact) mass is 327 g/mol. The van der Waals surface area contributed by atoms with E-state index in [0.717, 1.165) is 0 Å². The fourth-order valence-corrected chi connectivity index (χ4v) is 1.87. The number of carbonyl (C=O) groups is 1. The minimum atomic E-state index is -0.439. The highest BCUT2D eigenvalue weighted by molar-refractivity contribution is 6.43. The zero-order valence-corrected chi connectivity index (χ0v) is 12.7. The smallest absolute Gasteiger partial charge is 0.260 e. The van der Waals surface area contributed by atoms with Gasteiger partial charge in [0.05, 0.1) is 19.8 Å². The van der Waals surface area contributed by atoms with Crippen molar-refractivity contribution in [2.24, 2.45) is 0 Å². The van der Waals surface area contributed by atoms with E-state index in [4.69, 9.17) is 32.7 Å². The Morgan fingerprint density at radius 1 is 1.19 bits per heavy atom. The summed E-state index contributed by atoms with van der Waals surface area (Å²) in [4.78, 5) is 19.8. The van der Waals surface area contributed by atoms with E-state index in [1.165, 1.54) is 20.5 Å². The predicted octanol–water partition coefficient (Wildman–Crippen LogP) is 3.05. The van der Waals surface area contributed by atoms with Crippen LogP contribution in [0.5, 0.6) is 11.5 Å². The summed E-state index contributed by atoms with van der Waals surface area (Å²) < 4.78 is 10.2. The second-order valence-electron chi connectivity index (χ2n) is 3.85. The van der Waals surface area contributed by atoms with Gasteiger partial charge in [-0.15, -0.1) is 0 Å². The van der Waals surface area contributed by atoms with Gasteiger partial charge in [-0.05, 0) is 12.1 Å². The maximum atomic E-state index is 12.3. The van der Waals surface area contributed by atoms with Gasteiger partial charge in [0.2, 0.25) is 0 Å². The summed E-state index contributed by atoms with van der Waals surface area (Å²) in [5.74, 6) is 0.625. The van der Waals surface area contributed by atoms with Crippen LogP contribution in [0.1, 0.15) is 10.4 Å². The lowest BCUT2D eigenvalue weighted by molar-refractivity contribution is 0.102. The van der Waals surface area contributed by atoms with E-state index < -0.39 is 5.91 Å². The number of ether oxygens (including phenoxy) is 2. The van der Waals surface area contributed by atoms with Gasteiger partial charge in [0.15, 0.2) is 11.0 Å². The molecule has 0 saturated carbocycles. The van der Waals surface area contributed by atoms with Gasteiger partial charge in [-0.1, -0.05) is 23.2 Å². The molecule has 2 rings (SSSR count). The van der Waals surface area contributed by atoms with E-state index in [9.17, 15) is 4.79 Å². The molecule has 0 aliphatic rings. The fraction of sp³-hybridized carbons (Fsp3) is 0.154. The van der Waals surface area contributed by atoms with Gasteiger partial charge in [0.25, 0.3) is 5.91 Å². The summed E-state index contributed by atoms with van der Waals surface area (Å²) in [5.41, 5.74) is 0.309. The van der Waals surface area contributed by atoms with Crippen LogP contribution in [-0.4, -0.2) is 30.1 Å². The summed E-state index contributed by atoms with van der Waals surface area (Å²) in [7, 11) is 2.98. The summed E-state index contributed by atoms with van der Waals surface area (Å²) in [5, 5.41) is 2.68. The number of hydrogen-bond acceptors (Lipinski definition) is 5. The van der Waals surface area contributed by atoms with Gasteiger partial charge in [0, 0.05) is 6.07 Å². The minimum Gasteiger partial charge on any atom is -0.497 e. The highest BCUT2D eigenvalue weighted by atomic mass is 35.5. The van der Waals surface area contributed by atoms with Crippen molar-refractivity contribution >= 4 is 34.9 Å². The molecule has 1 heterocycles. The van der Waals surface area contributed by atoms with Crippen molar-refractivity contribution in [3.05, 3.63) is 40.3 Å². The second kappa shape index (κ2) is 6.60. The molecule has 1 aromatic carbocycles. The van der Waals surface area contributed by atoms with Gasteiger partial charge in [-0.2, -0.15) is 0 Å². The predicted molar refractivity (Wildman–Crippen MR) is 79.6 cm³/mol. The Bertz CT molecular complexity index is 680. The Labute approximate surface area is 131 Å². The number of aromatic nitrogens is 2. The third kappa shape index (κ3) is 3.34. The van der Waals surface area contributed by atoms with Crippen LogP contribution in [0.3, 0.4) is 0 Å². The molecule has 0 bridgehead atoms. The van der Waals surface area contributed by atoms with Crippen LogP contribution >= 0.6 is 23.2 Å². The zero-order chi connectivity index (χ0) is 15.4. The van der Waals surface area contributed by atoms with Crippen molar-refractivity contribution in [3.8, 4) is 11.5 Å². The first-order valence-corrected chi connectivity index (χ1v) is 6.51. The first-order chi connectivity index (χ1) is 10.1. The number of anilines is 1. The summed E-state index contributed by atoms with van der Waals surface area (Å²) in [6.07, 6.45) is 1.20. The highest BCUT2D eigenvalue weighted by Gasteiger charge is 2.16. The average molecular weight is 328 g/mol. The molecule has 1 aromatic heterocycles. The largest absolute Gasteiger partial charge is 0.497 e. The van der Waals surface area contributed by atoms with E-state index in [-0.39, 0.29) is 16.0 Å².